The number of aromatic nitrogens is 1. The summed E-state index contributed by atoms with van der Waals surface area (Å²) in [5.74, 6) is 0.0743. The second-order valence-corrected chi connectivity index (χ2v) is 7.47. The van der Waals surface area contributed by atoms with Crippen LogP contribution in [0.15, 0.2) is 24.4 Å². The zero-order chi connectivity index (χ0) is 18.7. The number of nitrogens with one attached hydrogen (secondary N) is 1. The topological polar surface area (TPSA) is 82.6 Å². The predicted molar refractivity (Wildman–Crippen MR) is 96.2 cm³/mol. The van der Waals surface area contributed by atoms with Gasteiger partial charge in [-0.2, -0.15) is 0 Å². The molecule has 0 radical (unpaired) electrons. The van der Waals surface area contributed by atoms with Gasteiger partial charge in [0, 0.05) is 31.9 Å². The first-order valence-electron chi connectivity index (χ1n) is 9.19. The molecule has 1 aromatic heterocycles. The lowest BCUT2D eigenvalue weighted by molar-refractivity contribution is -0.139. The third kappa shape index (κ3) is 3.71. The van der Waals surface area contributed by atoms with Crippen molar-refractivity contribution in [3.8, 4) is 0 Å². The number of pyridine rings is 1. The summed E-state index contributed by atoms with van der Waals surface area (Å²) < 4.78 is 0. The Labute approximate surface area is 153 Å². The van der Waals surface area contributed by atoms with Crippen LogP contribution in [-0.2, 0) is 16.0 Å². The van der Waals surface area contributed by atoms with Crippen LogP contribution >= 0.6 is 0 Å². The minimum atomic E-state index is -0.795. The van der Waals surface area contributed by atoms with Gasteiger partial charge in [-0.3, -0.25) is 19.5 Å². The molecule has 1 aliphatic heterocycles. The van der Waals surface area contributed by atoms with Crippen molar-refractivity contribution in [2.75, 3.05) is 20.1 Å². The fourth-order valence-electron chi connectivity index (χ4n) is 3.62. The highest BCUT2D eigenvalue weighted by Crippen LogP contribution is 2.36. The molecule has 2 heterocycles. The third-order valence-corrected chi connectivity index (χ3v) is 5.52. The molecule has 26 heavy (non-hydrogen) atoms. The van der Waals surface area contributed by atoms with Crippen molar-refractivity contribution < 1.29 is 14.4 Å². The van der Waals surface area contributed by atoms with Crippen LogP contribution in [0, 0.1) is 5.92 Å². The summed E-state index contributed by atoms with van der Waals surface area (Å²) in [6.45, 7) is 2.44. The molecule has 140 valence electrons. The van der Waals surface area contributed by atoms with E-state index in [0.717, 1.165) is 23.4 Å². The first-order valence-corrected chi connectivity index (χ1v) is 9.19. The molecule has 7 heteroatoms. The van der Waals surface area contributed by atoms with E-state index in [1.54, 1.807) is 18.1 Å². The normalized spacial score (nSPS) is 25.5. The number of carbonyl (C=O) groups excluding carboxylic acids is 3. The minimum absolute atomic E-state index is 0.208. The zero-order valence-electron chi connectivity index (χ0n) is 15.4. The molecule has 3 rings (SSSR count). The number of imide groups is 1. The molecule has 7 nitrogen and oxygen atoms in total. The molecule has 2 fully saturated rings. The van der Waals surface area contributed by atoms with Crippen LogP contribution in [0.2, 0.25) is 0 Å². The van der Waals surface area contributed by atoms with Crippen LogP contribution in [0.1, 0.15) is 38.3 Å². The highest BCUT2D eigenvalue weighted by Gasteiger charge is 2.52. The van der Waals surface area contributed by atoms with Crippen LogP contribution in [0.25, 0.3) is 0 Å². The predicted octanol–water partition coefficient (Wildman–Crippen LogP) is 1.58. The van der Waals surface area contributed by atoms with E-state index >= 15 is 0 Å². The second-order valence-electron chi connectivity index (χ2n) is 7.47. The van der Waals surface area contributed by atoms with Gasteiger partial charge in [-0.1, -0.05) is 13.0 Å². The first-order chi connectivity index (χ1) is 12.4. The Morgan fingerprint density at radius 1 is 1.35 bits per heavy atom. The van der Waals surface area contributed by atoms with Gasteiger partial charge in [-0.15, -0.1) is 0 Å². The Bertz CT molecular complexity index is 683. The molecule has 1 aliphatic carbocycles. The van der Waals surface area contributed by atoms with E-state index in [9.17, 15) is 14.4 Å². The highest BCUT2D eigenvalue weighted by atomic mass is 16.2. The van der Waals surface area contributed by atoms with Gasteiger partial charge >= 0.3 is 6.03 Å². The van der Waals surface area contributed by atoms with E-state index < -0.39 is 11.6 Å². The summed E-state index contributed by atoms with van der Waals surface area (Å²) in [6, 6.07) is 5.21. The number of likely N-dealkylation sites (N-methyl/N-ethyl adjacent to an activating group) is 1. The Balaban J connectivity index is 1.56. The quantitative estimate of drug-likeness (QED) is 0.810. The van der Waals surface area contributed by atoms with Crippen molar-refractivity contribution in [1.82, 2.24) is 20.1 Å². The number of hydrogen-bond acceptors (Lipinski definition) is 4. The number of urea groups is 1. The smallest absolute Gasteiger partial charge is 0.325 e. The van der Waals surface area contributed by atoms with Crippen LogP contribution < -0.4 is 5.32 Å². The summed E-state index contributed by atoms with van der Waals surface area (Å²) in [4.78, 5) is 44.4. The molecule has 1 spiro atoms. The van der Waals surface area contributed by atoms with Crippen molar-refractivity contribution in [3.63, 3.8) is 0 Å². The molecule has 1 saturated heterocycles. The maximum atomic E-state index is 12.8. The minimum Gasteiger partial charge on any atom is -0.344 e. The van der Waals surface area contributed by atoms with Crippen LogP contribution in [0.4, 0.5) is 4.79 Å². The van der Waals surface area contributed by atoms with E-state index in [1.807, 2.05) is 18.2 Å². The van der Waals surface area contributed by atoms with Crippen LogP contribution in [0.5, 0.6) is 0 Å². The lowest BCUT2D eigenvalue weighted by atomic mass is 9.77. The van der Waals surface area contributed by atoms with Gasteiger partial charge in [0.05, 0.1) is 0 Å². The van der Waals surface area contributed by atoms with Crippen molar-refractivity contribution >= 4 is 17.8 Å². The zero-order valence-corrected chi connectivity index (χ0v) is 15.4. The molecule has 0 atom stereocenters. The summed E-state index contributed by atoms with van der Waals surface area (Å²) in [5.41, 5.74) is 0.105. The molecule has 0 unspecified atom stereocenters. The molecular formula is C19H26N4O3. The second kappa shape index (κ2) is 7.43. The molecule has 1 N–H and O–H groups in total. The van der Waals surface area contributed by atoms with E-state index in [0.29, 0.717) is 31.7 Å². The van der Waals surface area contributed by atoms with Gasteiger partial charge in [-0.25, -0.2) is 4.79 Å². The van der Waals surface area contributed by atoms with Crippen LogP contribution in [-0.4, -0.2) is 58.3 Å². The standard InChI is InChI=1S/C19H26N4O3/c1-14-6-9-19(10-7-14)17(25)23(18(26)21-19)13-16(24)22(2)12-8-15-5-3-4-11-20-15/h3-5,11,14H,6-10,12-13H2,1-2H3,(H,21,26). The Kier molecular flexibility index (Phi) is 5.25. The Morgan fingerprint density at radius 2 is 2.08 bits per heavy atom. The van der Waals surface area contributed by atoms with E-state index in [2.05, 4.69) is 17.2 Å². The van der Waals surface area contributed by atoms with Crippen LogP contribution in [0.3, 0.4) is 0 Å². The van der Waals surface area contributed by atoms with Crippen molar-refractivity contribution in [2.45, 2.75) is 44.6 Å². The molecule has 4 amide bonds. The number of rotatable bonds is 5. The monoisotopic (exact) mass is 358 g/mol. The van der Waals surface area contributed by atoms with Gasteiger partial charge in [0.15, 0.2) is 0 Å². The lowest BCUT2D eigenvalue weighted by Gasteiger charge is -2.33. The highest BCUT2D eigenvalue weighted by molar-refractivity contribution is 6.09. The van der Waals surface area contributed by atoms with Crippen molar-refractivity contribution in [1.29, 1.82) is 0 Å². The fraction of sp³-hybridized carbons (Fsp3) is 0.579. The summed E-state index contributed by atoms with van der Waals surface area (Å²) in [6.07, 6.45) is 5.48. The van der Waals surface area contributed by atoms with Crippen molar-refractivity contribution in [2.24, 2.45) is 5.92 Å². The average molecular weight is 358 g/mol. The maximum Gasteiger partial charge on any atom is 0.325 e. The average Bonchev–Trinajstić information content (AvgIpc) is 2.87. The van der Waals surface area contributed by atoms with Gasteiger partial charge in [0.25, 0.3) is 5.91 Å². The van der Waals surface area contributed by atoms with Gasteiger partial charge in [0.2, 0.25) is 5.91 Å². The number of carbonyl (C=O) groups is 3. The lowest BCUT2D eigenvalue weighted by Crippen LogP contribution is -2.50. The molecule has 1 aromatic rings. The largest absolute Gasteiger partial charge is 0.344 e. The Hall–Kier alpha value is -2.44. The SMILES string of the molecule is CC1CCC2(CC1)NC(=O)N(CC(=O)N(C)CCc1ccccn1)C2=O. The molecule has 1 saturated carbocycles. The van der Waals surface area contributed by atoms with Gasteiger partial charge in [-0.05, 0) is 43.7 Å². The molecule has 0 bridgehead atoms. The van der Waals surface area contributed by atoms with Gasteiger partial charge in [0.1, 0.15) is 12.1 Å². The first kappa shape index (κ1) is 18.4. The number of amides is 4. The molecular weight excluding hydrogens is 332 g/mol. The summed E-state index contributed by atoms with van der Waals surface area (Å²) >= 11 is 0. The molecule has 0 aromatic carbocycles. The van der Waals surface area contributed by atoms with Crippen molar-refractivity contribution in [3.05, 3.63) is 30.1 Å². The maximum absolute atomic E-state index is 12.8. The van der Waals surface area contributed by atoms with Gasteiger partial charge < -0.3 is 10.2 Å². The summed E-state index contributed by atoms with van der Waals surface area (Å²) in [5, 5.41) is 2.85. The summed E-state index contributed by atoms with van der Waals surface area (Å²) in [7, 11) is 1.68. The van der Waals surface area contributed by atoms with E-state index in [4.69, 9.17) is 0 Å². The molecule has 2 aliphatic rings. The number of nitrogens with zero attached hydrogens (tertiary/aromatic N) is 3. The Morgan fingerprint density at radius 3 is 2.73 bits per heavy atom. The van der Waals surface area contributed by atoms with E-state index in [1.165, 1.54) is 0 Å². The fourth-order valence-corrected chi connectivity index (χ4v) is 3.62. The number of hydrogen-bond donors (Lipinski definition) is 1. The third-order valence-electron chi connectivity index (χ3n) is 5.52. The van der Waals surface area contributed by atoms with E-state index in [-0.39, 0.29) is 18.4 Å².